The van der Waals surface area contributed by atoms with Gasteiger partial charge in [-0.1, -0.05) is 37.8 Å². The van der Waals surface area contributed by atoms with Crippen molar-refractivity contribution in [2.45, 2.75) is 45.4 Å². The Labute approximate surface area is 101 Å². The molecular formula is C12H21IO. The third-order valence-corrected chi connectivity index (χ3v) is 3.35. The van der Waals surface area contributed by atoms with Crippen molar-refractivity contribution in [3.63, 3.8) is 0 Å². The van der Waals surface area contributed by atoms with E-state index in [9.17, 15) is 0 Å². The number of hydrogen-bond donors (Lipinski definition) is 1. The summed E-state index contributed by atoms with van der Waals surface area (Å²) in [7, 11) is 0. The molecule has 0 bridgehead atoms. The highest BCUT2D eigenvalue weighted by atomic mass is 127. The van der Waals surface area contributed by atoms with Crippen LogP contribution in [0.5, 0.6) is 0 Å². The highest BCUT2D eigenvalue weighted by Crippen LogP contribution is 2.21. The normalized spacial score (nSPS) is 12.5. The first-order valence-corrected chi connectivity index (χ1v) is 6.42. The van der Waals surface area contributed by atoms with Gasteiger partial charge in [-0.3, -0.25) is 0 Å². The van der Waals surface area contributed by atoms with Crippen LogP contribution < -0.4 is 0 Å². The van der Waals surface area contributed by atoms with Gasteiger partial charge in [0.25, 0.3) is 0 Å². The van der Waals surface area contributed by atoms with Gasteiger partial charge in [-0.25, -0.2) is 0 Å². The molecule has 0 aromatic carbocycles. The van der Waals surface area contributed by atoms with Gasteiger partial charge in [0, 0.05) is 3.58 Å². The number of aliphatic hydroxyl groups excluding tert-OH is 1. The predicted molar refractivity (Wildman–Crippen MR) is 71.7 cm³/mol. The molecule has 0 spiro atoms. The first-order valence-electron chi connectivity index (χ1n) is 5.34. The summed E-state index contributed by atoms with van der Waals surface area (Å²) in [5.74, 6) is 0. The molecule has 0 aromatic heterocycles. The molecule has 0 aliphatic heterocycles. The minimum Gasteiger partial charge on any atom is -0.391 e. The molecule has 0 rings (SSSR count). The highest BCUT2D eigenvalue weighted by Gasteiger charge is 2.01. The summed E-state index contributed by atoms with van der Waals surface area (Å²) in [6.07, 6.45) is 9.09. The molecule has 0 atom stereocenters. The van der Waals surface area contributed by atoms with E-state index in [1.54, 1.807) is 0 Å². The zero-order valence-corrected chi connectivity index (χ0v) is 11.2. The van der Waals surface area contributed by atoms with E-state index in [1.165, 1.54) is 31.3 Å². The first kappa shape index (κ1) is 14.2. The lowest BCUT2D eigenvalue weighted by Gasteiger charge is -2.07. The lowest BCUT2D eigenvalue weighted by Crippen LogP contribution is -1.91. The Morgan fingerprint density at radius 1 is 1.36 bits per heavy atom. The third-order valence-electron chi connectivity index (χ3n) is 2.25. The number of rotatable bonds is 8. The molecule has 0 saturated heterocycles. The maximum absolute atomic E-state index is 9.03. The smallest absolute Gasteiger partial charge is 0.0738 e. The standard InChI is InChI=1S/C12H21IO/c1-3-5-6-7-9-11(8-4-2)12(13)10-14/h4,14H,2-3,5-10H2,1H3/b12-11+. The fraction of sp³-hybridized carbons (Fsp3) is 0.667. The Balaban J connectivity index is 3.91. The summed E-state index contributed by atoms with van der Waals surface area (Å²) in [5.41, 5.74) is 1.36. The molecule has 14 heavy (non-hydrogen) atoms. The Hall–Kier alpha value is 0.170. The lowest BCUT2D eigenvalue weighted by molar-refractivity contribution is 0.339. The van der Waals surface area contributed by atoms with Crippen molar-refractivity contribution < 1.29 is 5.11 Å². The Morgan fingerprint density at radius 2 is 2.07 bits per heavy atom. The van der Waals surface area contributed by atoms with Crippen LogP contribution in [0.15, 0.2) is 21.8 Å². The van der Waals surface area contributed by atoms with Crippen molar-refractivity contribution >= 4 is 22.6 Å². The summed E-state index contributed by atoms with van der Waals surface area (Å²) in [4.78, 5) is 0. The second-order valence-corrected chi connectivity index (χ2v) is 4.77. The van der Waals surface area contributed by atoms with Gasteiger partial charge in [-0.15, -0.1) is 6.58 Å². The summed E-state index contributed by atoms with van der Waals surface area (Å²) in [6.45, 7) is 6.14. The summed E-state index contributed by atoms with van der Waals surface area (Å²) >= 11 is 2.23. The fourth-order valence-electron chi connectivity index (χ4n) is 1.40. The molecule has 0 radical (unpaired) electrons. The topological polar surface area (TPSA) is 20.2 Å². The molecule has 82 valence electrons. The van der Waals surface area contributed by atoms with Gasteiger partial charge in [0.1, 0.15) is 0 Å². The van der Waals surface area contributed by atoms with E-state index in [0.717, 1.165) is 16.4 Å². The maximum Gasteiger partial charge on any atom is 0.0738 e. The molecule has 0 aliphatic carbocycles. The van der Waals surface area contributed by atoms with E-state index in [-0.39, 0.29) is 6.61 Å². The molecule has 0 amide bonds. The molecule has 0 fully saturated rings. The van der Waals surface area contributed by atoms with Crippen LogP contribution in [0, 0.1) is 0 Å². The average Bonchev–Trinajstić information content (AvgIpc) is 2.21. The Morgan fingerprint density at radius 3 is 2.57 bits per heavy atom. The van der Waals surface area contributed by atoms with Crippen LogP contribution in [0.25, 0.3) is 0 Å². The van der Waals surface area contributed by atoms with Crippen LogP contribution in [-0.4, -0.2) is 11.7 Å². The number of aliphatic hydroxyl groups is 1. The van der Waals surface area contributed by atoms with E-state index in [1.807, 2.05) is 6.08 Å². The molecule has 1 N–H and O–H groups in total. The molecule has 2 heteroatoms. The largest absolute Gasteiger partial charge is 0.391 e. The predicted octanol–water partition coefficient (Wildman–Crippen LogP) is 4.21. The van der Waals surface area contributed by atoms with Crippen molar-refractivity contribution in [1.82, 2.24) is 0 Å². The van der Waals surface area contributed by atoms with E-state index in [0.29, 0.717) is 0 Å². The number of hydrogen-bond acceptors (Lipinski definition) is 1. The molecule has 0 saturated carbocycles. The Kier molecular flexibility index (Phi) is 9.83. The zero-order chi connectivity index (χ0) is 10.8. The van der Waals surface area contributed by atoms with E-state index in [2.05, 4.69) is 36.1 Å². The number of unbranched alkanes of at least 4 members (excludes halogenated alkanes) is 3. The Bertz CT molecular complexity index is 185. The van der Waals surface area contributed by atoms with Crippen LogP contribution in [-0.2, 0) is 0 Å². The summed E-state index contributed by atoms with van der Waals surface area (Å²) in [6, 6.07) is 0. The molecule has 1 nitrogen and oxygen atoms in total. The van der Waals surface area contributed by atoms with Crippen LogP contribution in [0.4, 0.5) is 0 Å². The molecular weight excluding hydrogens is 287 g/mol. The summed E-state index contributed by atoms with van der Waals surface area (Å²) in [5, 5.41) is 9.03. The van der Waals surface area contributed by atoms with Gasteiger partial charge in [0.2, 0.25) is 0 Å². The van der Waals surface area contributed by atoms with Crippen molar-refractivity contribution in [1.29, 1.82) is 0 Å². The minimum atomic E-state index is 0.178. The third kappa shape index (κ3) is 6.60. The van der Waals surface area contributed by atoms with E-state index in [4.69, 9.17) is 5.11 Å². The number of halogens is 1. The quantitative estimate of drug-likeness (QED) is 0.404. The summed E-state index contributed by atoms with van der Waals surface area (Å²) < 4.78 is 1.10. The van der Waals surface area contributed by atoms with Gasteiger partial charge in [-0.05, 0) is 41.9 Å². The van der Waals surface area contributed by atoms with Gasteiger partial charge >= 0.3 is 0 Å². The van der Waals surface area contributed by atoms with Gasteiger partial charge in [-0.2, -0.15) is 0 Å². The SMILES string of the molecule is C=CC/C(CCCCCC)=C(\I)CO. The molecule has 0 unspecified atom stereocenters. The number of allylic oxidation sites excluding steroid dienone is 2. The van der Waals surface area contributed by atoms with Gasteiger partial charge in [0.15, 0.2) is 0 Å². The van der Waals surface area contributed by atoms with Crippen LogP contribution in [0.1, 0.15) is 45.4 Å². The highest BCUT2D eigenvalue weighted by molar-refractivity contribution is 14.1. The first-order chi connectivity index (χ1) is 6.76. The van der Waals surface area contributed by atoms with E-state index < -0.39 is 0 Å². The van der Waals surface area contributed by atoms with E-state index >= 15 is 0 Å². The van der Waals surface area contributed by atoms with Crippen molar-refractivity contribution in [3.8, 4) is 0 Å². The average molecular weight is 308 g/mol. The monoisotopic (exact) mass is 308 g/mol. The maximum atomic E-state index is 9.03. The van der Waals surface area contributed by atoms with Crippen LogP contribution in [0.3, 0.4) is 0 Å². The minimum absolute atomic E-state index is 0.178. The molecule has 0 heterocycles. The van der Waals surface area contributed by atoms with Gasteiger partial charge < -0.3 is 5.11 Å². The second-order valence-electron chi connectivity index (χ2n) is 3.47. The zero-order valence-electron chi connectivity index (χ0n) is 9.06. The van der Waals surface area contributed by atoms with Crippen LogP contribution in [0.2, 0.25) is 0 Å². The lowest BCUT2D eigenvalue weighted by atomic mass is 10.0. The van der Waals surface area contributed by atoms with Crippen molar-refractivity contribution in [2.24, 2.45) is 0 Å². The van der Waals surface area contributed by atoms with Crippen molar-refractivity contribution in [2.75, 3.05) is 6.61 Å². The fourth-order valence-corrected chi connectivity index (χ4v) is 1.89. The second kappa shape index (κ2) is 9.71. The molecule has 0 aromatic rings. The van der Waals surface area contributed by atoms with Crippen molar-refractivity contribution in [3.05, 3.63) is 21.8 Å². The van der Waals surface area contributed by atoms with Gasteiger partial charge in [0.05, 0.1) is 6.61 Å². The van der Waals surface area contributed by atoms with Crippen LogP contribution >= 0.6 is 22.6 Å². The molecule has 0 aliphatic rings.